The molecule has 0 saturated heterocycles. The van der Waals surface area contributed by atoms with Crippen LogP contribution < -0.4 is 20.4 Å². The Morgan fingerprint density at radius 2 is 2.07 bits per heavy atom. The number of fused-ring (bicyclic) bond motifs is 3. The Labute approximate surface area is 167 Å². The largest absolute Gasteiger partial charge is 0.487 e. The van der Waals surface area contributed by atoms with E-state index in [0.717, 1.165) is 12.0 Å². The van der Waals surface area contributed by atoms with Gasteiger partial charge in [-0.25, -0.2) is 4.79 Å². The zero-order chi connectivity index (χ0) is 21.2. The number of hydrogen-bond acceptors (Lipinski definition) is 6. The fraction of sp³-hybridized carbons (Fsp3) is 0.476. The van der Waals surface area contributed by atoms with Gasteiger partial charge in [-0.05, 0) is 45.6 Å². The second-order valence-electron chi connectivity index (χ2n) is 7.80. The number of carbonyl (C=O) groups is 2. The second-order valence-corrected chi connectivity index (χ2v) is 7.80. The third kappa shape index (κ3) is 4.88. The molecule has 2 N–H and O–H groups in total. The molecule has 0 radical (unpaired) electrons. The summed E-state index contributed by atoms with van der Waals surface area (Å²) in [6.07, 6.45) is 1.82. The smallest absolute Gasteiger partial charge is 0.336 e. The van der Waals surface area contributed by atoms with Gasteiger partial charge in [-0.2, -0.15) is 0 Å². The van der Waals surface area contributed by atoms with Crippen LogP contribution in [0.4, 0.5) is 0 Å². The van der Waals surface area contributed by atoms with E-state index < -0.39 is 11.6 Å². The summed E-state index contributed by atoms with van der Waals surface area (Å²) in [7, 11) is 0. The lowest BCUT2D eigenvalue weighted by Crippen LogP contribution is -2.33. The number of ether oxygens (including phenoxy) is 2. The molecule has 2 heterocycles. The maximum Gasteiger partial charge on any atom is 0.336 e. The van der Waals surface area contributed by atoms with Crippen molar-refractivity contribution in [3.63, 3.8) is 0 Å². The average molecular weight is 403 g/mol. The minimum absolute atomic E-state index is 0.0120. The van der Waals surface area contributed by atoms with E-state index >= 15 is 0 Å². The fourth-order valence-electron chi connectivity index (χ4n) is 3.40. The van der Waals surface area contributed by atoms with Gasteiger partial charge in [0.1, 0.15) is 22.7 Å². The van der Waals surface area contributed by atoms with Gasteiger partial charge in [-0.1, -0.05) is 0 Å². The van der Waals surface area contributed by atoms with Gasteiger partial charge in [0.25, 0.3) is 5.91 Å². The molecule has 1 aromatic carbocycles. The van der Waals surface area contributed by atoms with Crippen molar-refractivity contribution in [1.29, 1.82) is 0 Å². The van der Waals surface area contributed by atoms with Crippen LogP contribution in [-0.4, -0.2) is 35.7 Å². The Balaban J connectivity index is 1.85. The quantitative estimate of drug-likeness (QED) is 0.539. The Hall–Kier alpha value is -3.03. The van der Waals surface area contributed by atoms with E-state index in [1.165, 1.54) is 6.07 Å². The second kappa shape index (κ2) is 8.14. The van der Waals surface area contributed by atoms with E-state index in [9.17, 15) is 14.4 Å². The molecule has 0 spiro atoms. The van der Waals surface area contributed by atoms with Crippen molar-refractivity contribution < 1.29 is 28.6 Å². The summed E-state index contributed by atoms with van der Waals surface area (Å²) in [5.74, 6) is -0.286. The third-order valence-electron chi connectivity index (χ3n) is 4.85. The zero-order valence-corrected chi connectivity index (χ0v) is 16.8. The lowest BCUT2D eigenvalue weighted by Gasteiger charge is -2.33. The monoisotopic (exact) mass is 403 g/mol. The van der Waals surface area contributed by atoms with Crippen molar-refractivity contribution in [2.75, 3.05) is 13.2 Å². The Morgan fingerprint density at radius 1 is 1.31 bits per heavy atom. The first-order valence-corrected chi connectivity index (χ1v) is 9.57. The number of nitrogens with one attached hydrogen (secondary N) is 1. The van der Waals surface area contributed by atoms with Crippen molar-refractivity contribution in [3.05, 3.63) is 33.7 Å². The van der Waals surface area contributed by atoms with Crippen molar-refractivity contribution in [2.24, 2.45) is 0 Å². The number of benzene rings is 1. The highest BCUT2D eigenvalue weighted by Crippen LogP contribution is 2.42. The van der Waals surface area contributed by atoms with Crippen molar-refractivity contribution >= 4 is 22.8 Å². The van der Waals surface area contributed by atoms with E-state index in [1.807, 2.05) is 13.8 Å². The Kier molecular flexibility index (Phi) is 5.81. The molecule has 0 aliphatic carbocycles. The standard InChI is InChI=1S/C21H25NO7/c1-12-9-18(26)28-20-13-6-7-21(2,3)29-14(13)10-15(19(12)20)27-11-16(23)22-8-4-5-17(24)25/h9-10H,4-8,11H2,1-3H3,(H,22,23)(H,24,25). The Morgan fingerprint density at radius 3 is 2.79 bits per heavy atom. The van der Waals surface area contributed by atoms with E-state index in [-0.39, 0.29) is 31.1 Å². The molecule has 0 fully saturated rings. The van der Waals surface area contributed by atoms with Crippen LogP contribution in [0.2, 0.25) is 0 Å². The first-order chi connectivity index (χ1) is 13.7. The van der Waals surface area contributed by atoms with Crippen LogP contribution in [0.1, 0.15) is 44.2 Å². The van der Waals surface area contributed by atoms with Gasteiger partial charge in [0.05, 0.1) is 5.39 Å². The van der Waals surface area contributed by atoms with Crippen molar-refractivity contribution in [1.82, 2.24) is 5.32 Å². The van der Waals surface area contributed by atoms with Gasteiger partial charge in [-0.15, -0.1) is 0 Å². The van der Waals surface area contributed by atoms with Gasteiger partial charge in [0.15, 0.2) is 6.61 Å². The molecule has 3 rings (SSSR count). The van der Waals surface area contributed by atoms with Crippen LogP contribution in [-0.2, 0) is 16.0 Å². The topological polar surface area (TPSA) is 115 Å². The van der Waals surface area contributed by atoms with Gasteiger partial charge in [0, 0.05) is 30.7 Å². The molecule has 0 bridgehead atoms. The minimum atomic E-state index is -0.907. The maximum absolute atomic E-state index is 12.0. The number of rotatable bonds is 7. The molecule has 1 aliphatic heterocycles. The lowest BCUT2D eigenvalue weighted by atomic mass is 9.92. The summed E-state index contributed by atoms with van der Waals surface area (Å²) >= 11 is 0. The molecule has 156 valence electrons. The van der Waals surface area contributed by atoms with Crippen LogP contribution in [0.5, 0.6) is 11.5 Å². The molecular weight excluding hydrogens is 378 g/mol. The molecule has 29 heavy (non-hydrogen) atoms. The predicted molar refractivity (Wildman–Crippen MR) is 106 cm³/mol. The van der Waals surface area contributed by atoms with Crippen LogP contribution >= 0.6 is 0 Å². The van der Waals surface area contributed by atoms with E-state index in [2.05, 4.69) is 5.32 Å². The third-order valence-corrected chi connectivity index (χ3v) is 4.85. The average Bonchev–Trinajstić information content (AvgIpc) is 2.61. The summed E-state index contributed by atoms with van der Waals surface area (Å²) in [6, 6.07) is 3.13. The van der Waals surface area contributed by atoms with Crippen LogP contribution in [0.25, 0.3) is 11.0 Å². The van der Waals surface area contributed by atoms with Crippen LogP contribution in [0.3, 0.4) is 0 Å². The Bertz CT molecular complexity index is 1010. The van der Waals surface area contributed by atoms with E-state index in [0.29, 0.717) is 40.9 Å². The normalized spacial score (nSPS) is 14.7. The molecule has 1 amide bonds. The molecular formula is C21H25NO7. The van der Waals surface area contributed by atoms with Gasteiger partial charge < -0.3 is 24.3 Å². The number of hydrogen-bond donors (Lipinski definition) is 2. The SMILES string of the molecule is Cc1cc(=O)oc2c3c(cc(OCC(=O)NCCCC(=O)O)c12)OC(C)(C)CC3. The molecule has 0 unspecified atom stereocenters. The van der Waals surface area contributed by atoms with Crippen LogP contribution in [0, 0.1) is 6.92 Å². The number of aliphatic carboxylic acids is 1. The van der Waals surface area contributed by atoms with E-state index in [4.69, 9.17) is 19.0 Å². The number of carboxylic acids is 1. The summed E-state index contributed by atoms with van der Waals surface area (Å²) in [4.78, 5) is 34.5. The first kappa shape index (κ1) is 20.7. The van der Waals surface area contributed by atoms with E-state index in [1.54, 1.807) is 13.0 Å². The highest BCUT2D eigenvalue weighted by atomic mass is 16.5. The highest BCUT2D eigenvalue weighted by molar-refractivity contribution is 5.91. The zero-order valence-electron chi connectivity index (χ0n) is 16.8. The molecule has 1 aliphatic rings. The van der Waals surface area contributed by atoms with Gasteiger partial charge in [0.2, 0.25) is 0 Å². The van der Waals surface area contributed by atoms with Gasteiger partial charge >= 0.3 is 11.6 Å². The maximum atomic E-state index is 12.0. The summed E-state index contributed by atoms with van der Waals surface area (Å²) in [5, 5.41) is 11.9. The first-order valence-electron chi connectivity index (χ1n) is 9.57. The number of carboxylic acid groups (broad SMARTS) is 1. The molecule has 8 heteroatoms. The van der Waals surface area contributed by atoms with Gasteiger partial charge in [-0.3, -0.25) is 9.59 Å². The predicted octanol–water partition coefficient (Wildman–Crippen LogP) is 2.56. The van der Waals surface area contributed by atoms with Crippen LogP contribution in [0.15, 0.2) is 21.3 Å². The number of aryl methyl sites for hydroxylation is 2. The number of amides is 1. The summed E-state index contributed by atoms with van der Waals surface area (Å²) < 4.78 is 17.3. The molecule has 0 atom stereocenters. The van der Waals surface area contributed by atoms with Crippen molar-refractivity contribution in [2.45, 2.75) is 52.1 Å². The molecule has 1 aromatic heterocycles. The highest BCUT2D eigenvalue weighted by Gasteiger charge is 2.30. The lowest BCUT2D eigenvalue weighted by molar-refractivity contribution is -0.137. The molecule has 8 nitrogen and oxygen atoms in total. The minimum Gasteiger partial charge on any atom is -0.487 e. The molecule has 0 saturated carbocycles. The number of carbonyl (C=O) groups excluding carboxylic acids is 1. The van der Waals surface area contributed by atoms with Crippen molar-refractivity contribution in [3.8, 4) is 11.5 Å². The fourth-order valence-corrected chi connectivity index (χ4v) is 3.40. The summed E-state index contributed by atoms with van der Waals surface area (Å²) in [5.41, 5.74) is 1.14. The molecule has 2 aromatic rings. The summed E-state index contributed by atoms with van der Waals surface area (Å²) in [6.45, 7) is 5.76.